The molecule has 0 aromatic heterocycles. The second-order valence-corrected chi connectivity index (χ2v) is 7.07. The van der Waals surface area contributed by atoms with E-state index in [2.05, 4.69) is 25.7 Å². The maximum absolute atomic E-state index is 11.5. The summed E-state index contributed by atoms with van der Waals surface area (Å²) in [4.78, 5) is 27.3. The second-order valence-electron chi connectivity index (χ2n) is 7.07. The Kier molecular flexibility index (Phi) is 3.40. The molecule has 0 aromatic rings. The zero-order chi connectivity index (χ0) is 15.4. The van der Waals surface area contributed by atoms with Crippen molar-refractivity contribution in [2.24, 2.45) is 17.3 Å². The first-order chi connectivity index (χ1) is 9.85. The largest absolute Gasteiger partial charge is 0.478 e. The number of rotatable bonds is 3. The maximum atomic E-state index is 11.5. The molecule has 5 atom stereocenters. The van der Waals surface area contributed by atoms with Gasteiger partial charge in [0, 0.05) is 5.41 Å². The molecule has 4 rings (SSSR count). The van der Waals surface area contributed by atoms with Crippen molar-refractivity contribution in [1.29, 1.82) is 0 Å². The summed E-state index contributed by atoms with van der Waals surface area (Å²) in [5.74, 6) is -0.623. The van der Waals surface area contributed by atoms with Crippen molar-refractivity contribution >= 4 is 5.97 Å². The lowest BCUT2D eigenvalue weighted by Crippen LogP contribution is -2.61. The summed E-state index contributed by atoms with van der Waals surface area (Å²) in [6.45, 7) is 6.28. The molecule has 0 radical (unpaired) electrons. The van der Waals surface area contributed by atoms with Crippen LogP contribution in [0.3, 0.4) is 0 Å². The summed E-state index contributed by atoms with van der Waals surface area (Å²) in [5, 5.41) is 18.8. The minimum atomic E-state index is -1.06. The number of carboxylic acids is 1. The molecule has 1 spiro atoms. The van der Waals surface area contributed by atoms with E-state index in [4.69, 9.17) is 9.78 Å². The van der Waals surface area contributed by atoms with Crippen LogP contribution >= 0.6 is 0 Å². The third-order valence-electron chi connectivity index (χ3n) is 5.71. The average molecular weight is 298 g/mol. The van der Waals surface area contributed by atoms with Crippen LogP contribution in [-0.4, -0.2) is 34.1 Å². The molecule has 4 aliphatic rings. The van der Waals surface area contributed by atoms with Gasteiger partial charge in [-0.2, -0.15) is 0 Å². The standard InChI is InChI=1S/C15H22O6/c1-8(2)10-4-5-14(3)7-11-9(13(16)17)6-12(19-18)15(10,14)21-20-11/h6,8,10-12,18H,4-5,7H2,1-3H3,(H,16,17). The monoisotopic (exact) mass is 298 g/mol. The summed E-state index contributed by atoms with van der Waals surface area (Å²) in [6.07, 6.45) is 2.42. The van der Waals surface area contributed by atoms with Crippen LogP contribution in [0.25, 0.3) is 0 Å². The molecule has 1 saturated heterocycles. The van der Waals surface area contributed by atoms with Crippen molar-refractivity contribution in [2.75, 3.05) is 0 Å². The van der Waals surface area contributed by atoms with E-state index < -0.39 is 23.8 Å². The first-order valence-corrected chi connectivity index (χ1v) is 7.45. The van der Waals surface area contributed by atoms with E-state index in [9.17, 15) is 15.2 Å². The van der Waals surface area contributed by atoms with Crippen LogP contribution in [0.15, 0.2) is 11.6 Å². The number of aliphatic carboxylic acids is 1. The van der Waals surface area contributed by atoms with Crippen LogP contribution in [0.2, 0.25) is 0 Å². The first kappa shape index (κ1) is 15.0. The molecule has 2 aliphatic heterocycles. The van der Waals surface area contributed by atoms with Gasteiger partial charge < -0.3 is 5.11 Å². The molecule has 2 heterocycles. The van der Waals surface area contributed by atoms with E-state index in [1.807, 2.05) is 0 Å². The highest BCUT2D eigenvalue weighted by atomic mass is 17.2. The third kappa shape index (κ3) is 1.83. The Morgan fingerprint density at radius 3 is 2.81 bits per heavy atom. The van der Waals surface area contributed by atoms with Gasteiger partial charge in [0.1, 0.15) is 17.8 Å². The highest BCUT2D eigenvalue weighted by Gasteiger charge is 2.69. The van der Waals surface area contributed by atoms with Crippen molar-refractivity contribution in [3.05, 3.63) is 11.6 Å². The van der Waals surface area contributed by atoms with Crippen LogP contribution in [-0.2, 0) is 19.5 Å². The number of hydrogen-bond acceptors (Lipinski definition) is 5. The predicted octanol–water partition coefficient (Wildman–Crippen LogP) is 2.40. The Labute approximate surface area is 123 Å². The molecule has 2 bridgehead atoms. The Balaban J connectivity index is 2.15. The van der Waals surface area contributed by atoms with Gasteiger partial charge in [0.25, 0.3) is 0 Å². The Bertz CT molecular complexity index is 487. The van der Waals surface area contributed by atoms with Crippen LogP contribution in [0.4, 0.5) is 0 Å². The lowest BCUT2D eigenvalue weighted by atomic mass is 9.65. The van der Waals surface area contributed by atoms with Gasteiger partial charge in [-0.25, -0.2) is 19.5 Å². The number of hydrogen-bond donors (Lipinski definition) is 2. The molecule has 2 fully saturated rings. The fourth-order valence-corrected chi connectivity index (χ4v) is 4.64. The van der Waals surface area contributed by atoms with E-state index in [-0.39, 0.29) is 16.9 Å². The van der Waals surface area contributed by atoms with Crippen LogP contribution in [0.1, 0.15) is 40.0 Å². The van der Waals surface area contributed by atoms with Crippen LogP contribution in [0.5, 0.6) is 0 Å². The van der Waals surface area contributed by atoms with Gasteiger partial charge in [-0.3, -0.25) is 5.26 Å². The summed E-state index contributed by atoms with van der Waals surface area (Å²) in [6, 6.07) is 0. The van der Waals surface area contributed by atoms with E-state index in [1.54, 1.807) is 0 Å². The molecule has 5 unspecified atom stereocenters. The highest BCUT2D eigenvalue weighted by molar-refractivity contribution is 5.88. The molecular weight excluding hydrogens is 276 g/mol. The first-order valence-electron chi connectivity index (χ1n) is 7.45. The maximum Gasteiger partial charge on any atom is 0.334 e. The zero-order valence-electron chi connectivity index (χ0n) is 12.5. The number of carboxylic acid groups (broad SMARTS) is 1. The molecule has 21 heavy (non-hydrogen) atoms. The van der Waals surface area contributed by atoms with Crippen molar-refractivity contribution in [3.63, 3.8) is 0 Å². The Hall–Kier alpha value is -0.950. The molecule has 0 aromatic carbocycles. The zero-order valence-corrected chi connectivity index (χ0v) is 12.5. The van der Waals surface area contributed by atoms with Gasteiger partial charge in [0.15, 0.2) is 0 Å². The van der Waals surface area contributed by atoms with Gasteiger partial charge in [-0.1, -0.05) is 20.8 Å². The van der Waals surface area contributed by atoms with Crippen molar-refractivity contribution in [3.8, 4) is 0 Å². The van der Waals surface area contributed by atoms with Gasteiger partial charge >= 0.3 is 5.97 Å². The normalized spacial score (nSPS) is 45.4. The topological polar surface area (TPSA) is 85.2 Å². The number of fused-ring (bicyclic) bond motifs is 2. The van der Waals surface area contributed by atoms with Gasteiger partial charge in [-0.05, 0) is 37.2 Å². The van der Waals surface area contributed by atoms with Crippen molar-refractivity contribution in [2.45, 2.75) is 57.8 Å². The molecule has 2 aliphatic carbocycles. The quantitative estimate of drug-likeness (QED) is 0.615. The minimum Gasteiger partial charge on any atom is -0.478 e. The molecule has 2 N–H and O–H groups in total. The van der Waals surface area contributed by atoms with Gasteiger partial charge in [0.2, 0.25) is 0 Å². The molecule has 118 valence electrons. The summed E-state index contributed by atoms with van der Waals surface area (Å²) < 4.78 is 0. The molecule has 0 amide bonds. The third-order valence-corrected chi connectivity index (χ3v) is 5.71. The average Bonchev–Trinajstić information content (AvgIpc) is 2.56. The summed E-state index contributed by atoms with van der Waals surface area (Å²) in [7, 11) is 0. The van der Waals surface area contributed by atoms with E-state index >= 15 is 0 Å². The van der Waals surface area contributed by atoms with Gasteiger partial charge in [-0.15, -0.1) is 0 Å². The van der Waals surface area contributed by atoms with Crippen molar-refractivity contribution < 1.29 is 29.8 Å². The fraction of sp³-hybridized carbons (Fsp3) is 0.800. The minimum absolute atomic E-state index is 0.101. The van der Waals surface area contributed by atoms with Gasteiger partial charge in [0.05, 0.1) is 5.57 Å². The molecule has 1 saturated carbocycles. The summed E-state index contributed by atoms with van der Waals surface area (Å²) >= 11 is 0. The molecular formula is C15H22O6. The summed E-state index contributed by atoms with van der Waals surface area (Å²) in [5.41, 5.74) is -1.03. The highest BCUT2D eigenvalue weighted by Crippen LogP contribution is 2.63. The molecule has 6 heteroatoms. The van der Waals surface area contributed by atoms with E-state index in [0.717, 1.165) is 12.8 Å². The Morgan fingerprint density at radius 1 is 1.52 bits per heavy atom. The number of carbonyl (C=O) groups is 1. The molecule has 6 nitrogen and oxygen atoms in total. The Morgan fingerprint density at radius 2 is 2.24 bits per heavy atom. The predicted molar refractivity (Wildman–Crippen MR) is 72.2 cm³/mol. The lowest BCUT2D eigenvalue weighted by Gasteiger charge is -2.51. The van der Waals surface area contributed by atoms with Crippen molar-refractivity contribution in [1.82, 2.24) is 0 Å². The fourth-order valence-electron chi connectivity index (χ4n) is 4.64. The van der Waals surface area contributed by atoms with E-state index in [0.29, 0.717) is 12.3 Å². The SMILES string of the molecule is CC(C)C1CCC2(C)CC3OOC12C(OO)C=C3C(=O)O. The smallest absolute Gasteiger partial charge is 0.334 e. The van der Waals surface area contributed by atoms with E-state index in [1.165, 1.54) is 6.08 Å². The van der Waals surface area contributed by atoms with Crippen LogP contribution < -0.4 is 0 Å². The lowest BCUT2D eigenvalue weighted by molar-refractivity contribution is -0.464. The van der Waals surface area contributed by atoms with Crippen LogP contribution in [0, 0.1) is 17.3 Å². The second kappa shape index (κ2) is 4.78.